The van der Waals surface area contributed by atoms with Crippen LogP contribution in [0.25, 0.3) is 23.2 Å². The summed E-state index contributed by atoms with van der Waals surface area (Å²) in [6.07, 6.45) is -4.74. The van der Waals surface area contributed by atoms with Crippen LogP contribution < -0.4 is 0 Å². The van der Waals surface area contributed by atoms with Crippen molar-refractivity contribution in [1.29, 1.82) is 5.26 Å². The van der Waals surface area contributed by atoms with Crippen molar-refractivity contribution in [2.45, 2.75) is 12.4 Å². The van der Waals surface area contributed by atoms with Gasteiger partial charge < -0.3 is 0 Å². The molecule has 0 aliphatic rings. The highest BCUT2D eigenvalue weighted by Crippen LogP contribution is 2.38. The van der Waals surface area contributed by atoms with Crippen molar-refractivity contribution in [1.82, 2.24) is 19.7 Å². The first kappa shape index (κ1) is 20.1. The lowest BCUT2D eigenvalue weighted by atomic mass is 10.0. The van der Waals surface area contributed by atoms with E-state index in [1.165, 1.54) is 18.6 Å². The predicted octanol–water partition coefficient (Wildman–Crippen LogP) is 4.90. The maximum atomic E-state index is 13.0. The summed E-state index contributed by atoms with van der Waals surface area (Å²) in [4.78, 5) is 7.58. The molecule has 0 aliphatic heterocycles. The van der Waals surface area contributed by atoms with Crippen molar-refractivity contribution < 1.29 is 26.3 Å². The summed E-state index contributed by atoms with van der Waals surface area (Å²) in [6, 6.07) is 6.12. The number of halogens is 6. The van der Waals surface area contributed by atoms with Crippen LogP contribution in [-0.4, -0.2) is 19.7 Å². The maximum absolute atomic E-state index is 13.0. The molecular formula is C18H9F6N5. The fourth-order valence-corrected chi connectivity index (χ4v) is 2.39. The van der Waals surface area contributed by atoms with Crippen LogP contribution in [0.1, 0.15) is 16.7 Å². The number of alkyl halides is 6. The summed E-state index contributed by atoms with van der Waals surface area (Å²) in [5.74, 6) is -0.357. The Balaban J connectivity index is 2.04. The Morgan fingerprint density at radius 3 is 2.07 bits per heavy atom. The molecule has 0 aliphatic carbocycles. The quantitative estimate of drug-likeness (QED) is 0.456. The Bertz CT molecular complexity index is 1060. The summed E-state index contributed by atoms with van der Waals surface area (Å²) in [7, 11) is 0. The van der Waals surface area contributed by atoms with Gasteiger partial charge in [0.05, 0.1) is 16.7 Å². The minimum atomic E-state index is -4.98. The topological polar surface area (TPSA) is 67.4 Å². The average Bonchev–Trinajstić information content (AvgIpc) is 3.14. The fraction of sp³-hybridized carbons (Fsp3) is 0.111. The Morgan fingerprint density at radius 1 is 0.966 bits per heavy atom. The SMILES string of the molecule is N#C/C(=C/n1cnc(-c2cc(C(F)(F)F)cc(C(F)(F)F)c2)n1)c1ccncc1. The van der Waals surface area contributed by atoms with E-state index in [9.17, 15) is 31.6 Å². The van der Waals surface area contributed by atoms with Gasteiger partial charge in [-0.1, -0.05) is 0 Å². The van der Waals surface area contributed by atoms with Crippen molar-refractivity contribution in [2.24, 2.45) is 0 Å². The van der Waals surface area contributed by atoms with Crippen LogP contribution in [0.2, 0.25) is 0 Å². The average molecular weight is 409 g/mol. The lowest BCUT2D eigenvalue weighted by Crippen LogP contribution is -2.11. The van der Waals surface area contributed by atoms with E-state index in [-0.39, 0.29) is 17.5 Å². The van der Waals surface area contributed by atoms with Crippen molar-refractivity contribution in [3.63, 3.8) is 0 Å². The molecule has 0 amide bonds. The molecule has 0 atom stereocenters. The molecule has 2 aromatic heterocycles. The van der Waals surface area contributed by atoms with E-state index in [1.807, 2.05) is 6.07 Å². The standard InChI is InChI=1S/C18H9F6N5/c19-17(20,21)14-5-12(6-15(7-14)18(22,23)24)16-27-10-29(28-16)9-13(8-25)11-1-3-26-4-2-11/h1-7,9-10H/b13-9-. The Labute approximate surface area is 159 Å². The van der Waals surface area contributed by atoms with Gasteiger partial charge >= 0.3 is 12.4 Å². The first-order chi connectivity index (χ1) is 13.6. The van der Waals surface area contributed by atoms with Crippen LogP contribution >= 0.6 is 0 Å². The van der Waals surface area contributed by atoms with Gasteiger partial charge in [0.25, 0.3) is 0 Å². The van der Waals surface area contributed by atoms with Gasteiger partial charge in [0.2, 0.25) is 0 Å². The van der Waals surface area contributed by atoms with Crippen LogP contribution in [0.15, 0.2) is 49.1 Å². The number of allylic oxidation sites excluding steroid dienone is 1. The van der Waals surface area contributed by atoms with Gasteiger partial charge in [-0.3, -0.25) is 4.98 Å². The minimum absolute atomic E-state index is 0.0254. The normalized spacial score (nSPS) is 12.7. The molecule has 0 radical (unpaired) electrons. The molecule has 0 saturated carbocycles. The van der Waals surface area contributed by atoms with Crippen LogP contribution in [0.4, 0.5) is 26.3 Å². The number of pyridine rings is 1. The van der Waals surface area contributed by atoms with Crippen LogP contribution in [0, 0.1) is 11.3 Å². The van der Waals surface area contributed by atoms with E-state index >= 15 is 0 Å². The summed E-state index contributed by atoms with van der Waals surface area (Å²) in [5, 5.41) is 13.1. The first-order valence-corrected chi connectivity index (χ1v) is 7.81. The molecule has 2 heterocycles. The van der Waals surface area contributed by atoms with Gasteiger partial charge in [-0.25, -0.2) is 9.67 Å². The van der Waals surface area contributed by atoms with Crippen molar-refractivity contribution in [2.75, 3.05) is 0 Å². The van der Waals surface area contributed by atoms with E-state index in [2.05, 4.69) is 15.1 Å². The number of nitrogens with zero attached hydrogens (tertiary/aromatic N) is 5. The van der Waals surface area contributed by atoms with Crippen molar-refractivity contribution >= 4 is 11.8 Å². The van der Waals surface area contributed by atoms with E-state index in [4.69, 9.17) is 0 Å². The second-order valence-electron chi connectivity index (χ2n) is 5.73. The molecule has 0 N–H and O–H groups in total. The van der Waals surface area contributed by atoms with Gasteiger partial charge in [-0.2, -0.15) is 31.6 Å². The number of rotatable bonds is 3. The molecule has 0 unspecified atom stereocenters. The molecule has 29 heavy (non-hydrogen) atoms. The third-order valence-electron chi connectivity index (χ3n) is 3.73. The summed E-state index contributed by atoms with van der Waals surface area (Å²) in [6.45, 7) is 0. The summed E-state index contributed by atoms with van der Waals surface area (Å²) < 4.78 is 79.0. The highest BCUT2D eigenvalue weighted by Gasteiger charge is 2.37. The zero-order valence-electron chi connectivity index (χ0n) is 14.2. The highest BCUT2D eigenvalue weighted by atomic mass is 19.4. The van der Waals surface area contributed by atoms with Gasteiger partial charge in [0, 0.05) is 24.2 Å². The van der Waals surface area contributed by atoms with Crippen LogP contribution in [0.5, 0.6) is 0 Å². The Kier molecular flexibility index (Phi) is 5.11. The molecule has 1 aromatic carbocycles. The molecule has 0 bridgehead atoms. The number of nitriles is 1. The largest absolute Gasteiger partial charge is 0.416 e. The molecule has 148 valence electrons. The maximum Gasteiger partial charge on any atom is 0.416 e. The number of aromatic nitrogens is 4. The molecule has 0 saturated heterocycles. The Hall–Kier alpha value is -3.68. The van der Waals surface area contributed by atoms with Crippen LogP contribution in [0.3, 0.4) is 0 Å². The van der Waals surface area contributed by atoms with Gasteiger partial charge in [-0.15, -0.1) is 5.10 Å². The van der Waals surface area contributed by atoms with Crippen molar-refractivity contribution in [3.8, 4) is 17.5 Å². The molecule has 11 heteroatoms. The third-order valence-corrected chi connectivity index (χ3v) is 3.73. The zero-order valence-corrected chi connectivity index (χ0v) is 14.2. The lowest BCUT2D eigenvalue weighted by molar-refractivity contribution is -0.143. The van der Waals surface area contributed by atoms with Gasteiger partial charge in [-0.05, 0) is 35.9 Å². The number of benzene rings is 1. The monoisotopic (exact) mass is 409 g/mol. The third kappa shape index (κ3) is 4.60. The molecule has 3 rings (SSSR count). The number of hydrogen-bond donors (Lipinski definition) is 0. The smallest absolute Gasteiger partial charge is 0.265 e. The molecule has 5 nitrogen and oxygen atoms in total. The van der Waals surface area contributed by atoms with E-state index in [1.54, 1.807) is 12.1 Å². The van der Waals surface area contributed by atoms with Crippen LogP contribution in [-0.2, 0) is 12.4 Å². The second kappa shape index (κ2) is 7.38. The lowest BCUT2D eigenvalue weighted by Gasteiger charge is -2.13. The summed E-state index contributed by atoms with van der Waals surface area (Å²) in [5.41, 5.74) is -2.75. The van der Waals surface area contributed by atoms with E-state index in [0.29, 0.717) is 17.7 Å². The van der Waals surface area contributed by atoms with Gasteiger partial charge in [0.15, 0.2) is 5.82 Å². The molecular weight excluding hydrogens is 400 g/mol. The van der Waals surface area contributed by atoms with Crippen molar-refractivity contribution in [3.05, 3.63) is 65.7 Å². The second-order valence-corrected chi connectivity index (χ2v) is 5.73. The zero-order chi connectivity index (χ0) is 21.2. The first-order valence-electron chi connectivity index (χ1n) is 7.81. The summed E-state index contributed by atoms with van der Waals surface area (Å²) >= 11 is 0. The van der Waals surface area contributed by atoms with E-state index < -0.39 is 29.0 Å². The minimum Gasteiger partial charge on any atom is -0.265 e. The molecule has 3 aromatic rings. The number of hydrogen-bond acceptors (Lipinski definition) is 4. The highest BCUT2D eigenvalue weighted by molar-refractivity contribution is 5.84. The van der Waals surface area contributed by atoms with E-state index in [0.717, 1.165) is 11.0 Å². The molecule has 0 fully saturated rings. The fourth-order valence-electron chi connectivity index (χ4n) is 2.39. The Morgan fingerprint density at radius 2 is 1.55 bits per heavy atom. The molecule has 0 spiro atoms. The predicted molar refractivity (Wildman–Crippen MR) is 89.5 cm³/mol. The van der Waals surface area contributed by atoms with Gasteiger partial charge in [0.1, 0.15) is 12.4 Å².